The SMILES string of the molecule is C.N/C=C(\C=C(/N)C=O)c1nc2cc(F)c(F)cc2n1C1CC1. The number of aldehydes is 1. The van der Waals surface area contributed by atoms with Crippen molar-refractivity contribution in [2.45, 2.75) is 26.3 Å². The Morgan fingerprint density at radius 1 is 1.30 bits per heavy atom. The molecule has 122 valence electrons. The fourth-order valence-corrected chi connectivity index (χ4v) is 2.40. The average Bonchev–Trinajstić information content (AvgIpc) is 3.28. The van der Waals surface area contributed by atoms with Gasteiger partial charge in [-0.3, -0.25) is 4.79 Å². The summed E-state index contributed by atoms with van der Waals surface area (Å²) in [4.78, 5) is 15.0. The molecule has 0 bridgehead atoms. The molecule has 1 aliphatic rings. The zero-order valence-electron chi connectivity index (χ0n) is 11.6. The Hall–Kier alpha value is -2.70. The summed E-state index contributed by atoms with van der Waals surface area (Å²) in [6.45, 7) is 0. The summed E-state index contributed by atoms with van der Waals surface area (Å²) in [5.41, 5.74) is 12.3. The summed E-state index contributed by atoms with van der Waals surface area (Å²) in [7, 11) is 0. The van der Waals surface area contributed by atoms with Gasteiger partial charge in [-0.1, -0.05) is 7.43 Å². The summed E-state index contributed by atoms with van der Waals surface area (Å²) in [6.07, 6.45) is 4.99. The number of carbonyl (C=O) groups excluding carboxylic acids is 1. The topological polar surface area (TPSA) is 86.9 Å². The molecular weight excluding hydrogens is 302 g/mol. The van der Waals surface area contributed by atoms with E-state index in [1.54, 1.807) is 0 Å². The Kier molecular flexibility index (Phi) is 4.49. The highest BCUT2D eigenvalue weighted by atomic mass is 19.2. The van der Waals surface area contributed by atoms with Crippen LogP contribution in [0.5, 0.6) is 0 Å². The van der Waals surface area contributed by atoms with Gasteiger partial charge in [-0.2, -0.15) is 0 Å². The van der Waals surface area contributed by atoms with Crippen LogP contribution < -0.4 is 11.5 Å². The van der Waals surface area contributed by atoms with Gasteiger partial charge in [0.25, 0.3) is 0 Å². The molecule has 1 aromatic heterocycles. The molecule has 0 atom stereocenters. The van der Waals surface area contributed by atoms with Gasteiger partial charge in [0.05, 0.1) is 16.7 Å². The number of hydrogen-bond acceptors (Lipinski definition) is 4. The molecule has 1 saturated carbocycles. The second-order valence-electron chi connectivity index (χ2n) is 5.18. The number of nitrogens with zero attached hydrogens (tertiary/aromatic N) is 2. The number of carbonyl (C=O) groups is 1. The van der Waals surface area contributed by atoms with E-state index in [1.807, 2.05) is 4.57 Å². The van der Waals surface area contributed by atoms with Crippen molar-refractivity contribution in [3.63, 3.8) is 0 Å². The summed E-state index contributed by atoms with van der Waals surface area (Å²) < 4.78 is 28.8. The summed E-state index contributed by atoms with van der Waals surface area (Å²) >= 11 is 0. The van der Waals surface area contributed by atoms with Crippen LogP contribution in [0.3, 0.4) is 0 Å². The highest BCUT2D eigenvalue weighted by molar-refractivity contribution is 5.85. The fourth-order valence-electron chi connectivity index (χ4n) is 2.40. The van der Waals surface area contributed by atoms with Gasteiger partial charge in [0.1, 0.15) is 5.82 Å². The molecule has 1 fully saturated rings. The third-order valence-electron chi connectivity index (χ3n) is 3.54. The number of fused-ring (bicyclic) bond motifs is 1. The van der Waals surface area contributed by atoms with Gasteiger partial charge < -0.3 is 16.0 Å². The van der Waals surface area contributed by atoms with E-state index in [4.69, 9.17) is 11.5 Å². The molecule has 0 amide bonds. The first-order chi connectivity index (χ1) is 10.5. The van der Waals surface area contributed by atoms with Gasteiger partial charge in [0.2, 0.25) is 0 Å². The lowest BCUT2D eigenvalue weighted by Gasteiger charge is -2.08. The third-order valence-corrected chi connectivity index (χ3v) is 3.54. The number of nitrogens with two attached hydrogens (primary N) is 2. The lowest BCUT2D eigenvalue weighted by atomic mass is 10.2. The van der Waals surface area contributed by atoms with Crippen molar-refractivity contribution in [2.24, 2.45) is 11.5 Å². The first-order valence-electron chi connectivity index (χ1n) is 6.76. The maximum Gasteiger partial charge on any atom is 0.165 e. The first kappa shape index (κ1) is 16.7. The Bertz CT molecular complexity index is 819. The van der Waals surface area contributed by atoms with E-state index >= 15 is 0 Å². The Labute approximate surface area is 132 Å². The van der Waals surface area contributed by atoms with Gasteiger partial charge in [-0.25, -0.2) is 13.8 Å². The van der Waals surface area contributed by atoms with E-state index in [2.05, 4.69) is 4.98 Å². The standard InChI is InChI=1S/C15H14F2N4O.CH4/c16-11-4-13-14(5-12(11)17)21(10-1-2-10)15(20-13)8(6-18)3-9(19)7-22;/h3-7,10H,1-2,18-19H2;1H4/b8-6+,9-3-;. The molecule has 1 heterocycles. The van der Waals surface area contributed by atoms with E-state index in [1.165, 1.54) is 12.3 Å². The molecule has 23 heavy (non-hydrogen) atoms. The monoisotopic (exact) mass is 320 g/mol. The van der Waals surface area contributed by atoms with Crippen LogP contribution in [-0.2, 0) is 4.79 Å². The molecule has 5 nitrogen and oxygen atoms in total. The lowest BCUT2D eigenvalue weighted by molar-refractivity contribution is -0.104. The zero-order valence-corrected chi connectivity index (χ0v) is 11.6. The van der Waals surface area contributed by atoms with E-state index in [0.29, 0.717) is 28.7 Å². The smallest absolute Gasteiger partial charge is 0.165 e. The van der Waals surface area contributed by atoms with Crippen LogP contribution in [-0.4, -0.2) is 15.8 Å². The molecular formula is C16H18F2N4O. The normalized spacial score (nSPS) is 15.6. The first-order valence-corrected chi connectivity index (χ1v) is 6.76. The van der Waals surface area contributed by atoms with E-state index < -0.39 is 11.6 Å². The number of allylic oxidation sites excluding steroid dienone is 3. The molecule has 3 rings (SSSR count). The number of aromatic nitrogens is 2. The Balaban J connectivity index is 0.00000192. The predicted molar refractivity (Wildman–Crippen MR) is 85.1 cm³/mol. The minimum atomic E-state index is -0.958. The van der Waals surface area contributed by atoms with Crippen molar-refractivity contribution < 1.29 is 13.6 Å². The molecule has 0 radical (unpaired) electrons. The van der Waals surface area contributed by atoms with Crippen LogP contribution in [0.4, 0.5) is 8.78 Å². The molecule has 0 spiro atoms. The van der Waals surface area contributed by atoms with Gasteiger partial charge >= 0.3 is 0 Å². The van der Waals surface area contributed by atoms with Crippen LogP contribution >= 0.6 is 0 Å². The summed E-state index contributed by atoms with van der Waals surface area (Å²) in [6, 6.07) is 2.33. The van der Waals surface area contributed by atoms with E-state index in [-0.39, 0.29) is 19.2 Å². The summed E-state index contributed by atoms with van der Waals surface area (Å²) in [5.74, 6) is -1.45. The van der Waals surface area contributed by atoms with Crippen molar-refractivity contribution in [1.82, 2.24) is 9.55 Å². The van der Waals surface area contributed by atoms with Gasteiger partial charge in [0.15, 0.2) is 17.9 Å². The molecule has 1 aromatic carbocycles. The van der Waals surface area contributed by atoms with Crippen LogP contribution in [0.1, 0.15) is 32.1 Å². The molecule has 7 heteroatoms. The largest absolute Gasteiger partial charge is 0.404 e. The van der Waals surface area contributed by atoms with Gasteiger partial charge in [-0.15, -0.1) is 0 Å². The van der Waals surface area contributed by atoms with Crippen molar-refractivity contribution in [3.8, 4) is 0 Å². The third kappa shape index (κ3) is 2.94. The Morgan fingerprint density at radius 2 is 1.96 bits per heavy atom. The fraction of sp³-hybridized carbons (Fsp3) is 0.250. The van der Waals surface area contributed by atoms with Crippen LogP contribution in [0.2, 0.25) is 0 Å². The molecule has 0 saturated heterocycles. The minimum absolute atomic E-state index is 0. The minimum Gasteiger partial charge on any atom is -0.404 e. The van der Waals surface area contributed by atoms with Gasteiger partial charge in [0, 0.05) is 29.9 Å². The van der Waals surface area contributed by atoms with Crippen molar-refractivity contribution in [1.29, 1.82) is 0 Å². The molecule has 1 aliphatic carbocycles. The van der Waals surface area contributed by atoms with E-state index in [9.17, 15) is 13.6 Å². The number of hydrogen-bond donors (Lipinski definition) is 2. The summed E-state index contributed by atoms with van der Waals surface area (Å²) in [5, 5.41) is 0. The van der Waals surface area contributed by atoms with Gasteiger partial charge in [-0.05, 0) is 18.9 Å². The number of benzene rings is 1. The molecule has 4 N–H and O–H groups in total. The molecule has 0 aliphatic heterocycles. The number of rotatable bonds is 4. The van der Waals surface area contributed by atoms with Crippen LogP contribution in [0.15, 0.2) is 30.1 Å². The van der Waals surface area contributed by atoms with Crippen molar-refractivity contribution in [3.05, 3.63) is 47.6 Å². The lowest BCUT2D eigenvalue weighted by Crippen LogP contribution is -2.04. The van der Waals surface area contributed by atoms with Crippen molar-refractivity contribution in [2.75, 3.05) is 0 Å². The van der Waals surface area contributed by atoms with Crippen LogP contribution in [0, 0.1) is 11.6 Å². The Morgan fingerprint density at radius 3 is 2.52 bits per heavy atom. The zero-order chi connectivity index (χ0) is 15.9. The highest BCUT2D eigenvalue weighted by Crippen LogP contribution is 2.40. The average molecular weight is 320 g/mol. The number of halogens is 2. The van der Waals surface area contributed by atoms with Crippen LogP contribution in [0.25, 0.3) is 16.6 Å². The second-order valence-corrected chi connectivity index (χ2v) is 5.18. The number of imidazole rings is 1. The quantitative estimate of drug-likeness (QED) is 0.515. The van der Waals surface area contributed by atoms with E-state index in [0.717, 1.165) is 25.0 Å². The maximum atomic E-state index is 13.5. The maximum absolute atomic E-state index is 13.5. The predicted octanol–water partition coefficient (Wildman–Crippen LogP) is 2.63. The molecule has 0 unspecified atom stereocenters. The second kappa shape index (κ2) is 6.20. The molecule has 2 aromatic rings. The van der Waals surface area contributed by atoms with Crippen molar-refractivity contribution >= 4 is 22.9 Å². The highest BCUT2D eigenvalue weighted by Gasteiger charge is 2.29.